The summed E-state index contributed by atoms with van der Waals surface area (Å²) >= 11 is 16.0. The fourth-order valence-electron chi connectivity index (χ4n) is 5.44. The fourth-order valence-corrected chi connectivity index (χ4v) is 10.6. The Bertz CT molecular complexity index is 1670. The molecule has 0 bridgehead atoms. The van der Waals surface area contributed by atoms with Crippen molar-refractivity contribution in [1.82, 2.24) is 14.7 Å². The molecular weight excluding hydrogens is 775 g/mol. The van der Waals surface area contributed by atoms with Crippen LogP contribution in [0, 0.1) is 0 Å². The summed E-state index contributed by atoms with van der Waals surface area (Å²) in [7, 11) is -5.00. The summed E-state index contributed by atoms with van der Waals surface area (Å²) in [6.45, 7) is 4.53. The van der Waals surface area contributed by atoms with Crippen LogP contribution in [-0.2, 0) is 72.4 Å². The lowest BCUT2D eigenvalue weighted by Crippen LogP contribution is -2.55. The third kappa shape index (κ3) is 12.2. The summed E-state index contributed by atoms with van der Waals surface area (Å²) in [5.74, 6) is 1.28. The summed E-state index contributed by atoms with van der Waals surface area (Å²) in [5.41, 5.74) is 0. The molecule has 1 fully saturated rings. The van der Waals surface area contributed by atoms with E-state index in [0.29, 0.717) is 90.8 Å². The summed E-state index contributed by atoms with van der Waals surface area (Å²) < 4.78 is 72.7. The van der Waals surface area contributed by atoms with Crippen molar-refractivity contribution in [3.8, 4) is 17.2 Å². The Morgan fingerprint density at radius 3 is 1.00 bits per heavy atom. The van der Waals surface area contributed by atoms with Crippen LogP contribution in [0.25, 0.3) is 0 Å². The first-order valence-electron chi connectivity index (χ1n) is 16.1. The van der Waals surface area contributed by atoms with Crippen LogP contribution in [0.2, 0.25) is 0 Å². The minimum Gasteiger partial charge on any atom is -0.495 e. The zero-order valence-electron chi connectivity index (χ0n) is 28.9. The zero-order chi connectivity index (χ0) is 36.9. The number of hydrogen-bond acceptors (Lipinski definition) is 15. The number of benzene rings is 3. The number of hydrogen-bond donors (Lipinski definition) is 0. The smallest absolute Gasteiger partial charge is 0.177 e. The highest BCUT2D eigenvalue weighted by atomic mass is 32.9. The largest absolute Gasteiger partial charge is 0.495 e. The fraction of sp³-hybridized carbons (Fsp3) is 0.455. The summed E-state index contributed by atoms with van der Waals surface area (Å²) in [6.07, 6.45) is 1.76. The molecule has 0 saturated carbocycles. The van der Waals surface area contributed by atoms with E-state index < -0.39 is 26.3 Å². The molecule has 0 aliphatic carbocycles. The topological polar surface area (TPSA) is 116 Å². The van der Waals surface area contributed by atoms with Crippen LogP contribution >= 0.6 is 0 Å². The molecule has 1 saturated heterocycles. The van der Waals surface area contributed by atoms with Crippen molar-refractivity contribution in [2.24, 2.45) is 0 Å². The van der Waals surface area contributed by atoms with Gasteiger partial charge in [-0.1, -0.05) is 36.4 Å². The molecule has 0 spiro atoms. The molecule has 3 unspecified atom stereocenters. The zero-order valence-corrected chi connectivity index (χ0v) is 33.8. The lowest BCUT2D eigenvalue weighted by Gasteiger charge is -2.42. The normalized spacial score (nSPS) is 17.9. The van der Waals surface area contributed by atoms with E-state index >= 15 is 0 Å². The van der Waals surface area contributed by atoms with Crippen molar-refractivity contribution in [2.45, 2.75) is 33.9 Å². The van der Waals surface area contributed by atoms with Gasteiger partial charge in [0.25, 0.3) is 0 Å². The molecule has 0 amide bonds. The Balaban J connectivity index is 1.32. The molecule has 0 aromatic heterocycles. The quantitative estimate of drug-likeness (QED) is 0.143. The van der Waals surface area contributed by atoms with E-state index in [4.69, 9.17) is 60.3 Å². The van der Waals surface area contributed by atoms with Crippen molar-refractivity contribution in [1.29, 1.82) is 0 Å². The Labute approximate surface area is 316 Å². The summed E-state index contributed by atoms with van der Waals surface area (Å²) in [6, 6.07) is 20.7. The molecule has 0 radical (unpaired) electrons. The molecule has 3 aromatic carbocycles. The molecule has 0 N–H and O–H groups in total. The Hall–Kier alpha value is -2.07. The van der Waals surface area contributed by atoms with Gasteiger partial charge in [-0.2, -0.15) is 0 Å². The predicted octanol–water partition coefficient (Wildman–Crippen LogP) is 4.19. The molecule has 12 nitrogen and oxygen atoms in total. The second kappa shape index (κ2) is 19.8. The first kappa shape index (κ1) is 41.7. The van der Waals surface area contributed by atoms with Gasteiger partial charge in [0.05, 0.1) is 61.2 Å². The number of nitrogens with zero attached hydrogens (tertiary/aromatic N) is 3. The first-order chi connectivity index (χ1) is 24.4. The third-order valence-corrected chi connectivity index (χ3v) is 14.3. The van der Waals surface area contributed by atoms with Crippen molar-refractivity contribution >= 4 is 59.9 Å². The number of rotatable bonds is 21. The number of ether oxygens (including phenoxy) is 3. The summed E-state index contributed by atoms with van der Waals surface area (Å²) in [4.78, 5) is 7.80. The highest BCUT2D eigenvalue weighted by Crippen LogP contribution is 2.27. The lowest BCUT2D eigenvalue weighted by atomic mass is 10.3. The van der Waals surface area contributed by atoms with Gasteiger partial charge in [-0.3, -0.25) is 27.2 Å². The van der Waals surface area contributed by atoms with Crippen LogP contribution in [0.15, 0.2) is 87.5 Å². The van der Waals surface area contributed by atoms with Crippen molar-refractivity contribution in [3.05, 3.63) is 72.8 Å². The van der Waals surface area contributed by atoms with Crippen LogP contribution in [0.1, 0.15) is 19.3 Å². The standard InChI is InChI=1S/C33H45N3O9S6/c1-40-28-13-4-7-16-31(28)49(37,46)43-22-10-19-34-25-35(20-11-23-44-50(38,47)32-17-8-5-14-29(32)41-2)27-36(26-34)21-12-24-45-51(39,48)33-18-9-6-15-30(33)42-3/h4-9,13-18H,10-12,19-27H2,1-3H3. The second-order valence-corrected chi connectivity index (χ2v) is 20.1. The van der Waals surface area contributed by atoms with Gasteiger partial charge in [-0.25, -0.2) is 12.6 Å². The van der Waals surface area contributed by atoms with Crippen LogP contribution in [0.3, 0.4) is 0 Å². The molecule has 51 heavy (non-hydrogen) atoms. The number of para-hydroxylation sites is 3. The van der Waals surface area contributed by atoms with Crippen LogP contribution in [0.4, 0.5) is 0 Å². The minimum atomic E-state index is -3.17. The Morgan fingerprint density at radius 1 is 0.490 bits per heavy atom. The molecular formula is C33H45N3O9S6. The number of methoxy groups -OCH3 is 3. The van der Waals surface area contributed by atoms with E-state index in [9.17, 15) is 12.6 Å². The second-order valence-electron chi connectivity index (χ2n) is 11.4. The van der Waals surface area contributed by atoms with Crippen molar-refractivity contribution in [2.75, 3.05) is 80.8 Å². The lowest BCUT2D eigenvalue weighted by molar-refractivity contribution is -0.0334. The van der Waals surface area contributed by atoms with Gasteiger partial charge in [-0.05, 0) is 55.7 Å². The molecule has 4 rings (SSSR count). The van der Waals surface area contributed by atoms with E-state index in [1.807, 2.05) is 0 Å². The maximum Gasteiger partial charge on any atom is 0.177 e. The molecule has 3 atom stereocenters. The maximum absolute atomic E-state index is 13.2. The molecule has 1 heterocycles. The molecule has 3 aromatic rings. The summed E-state index contributed by atoms with van der Waals surface area (Å²) in [5, 5.41) is 0. The SMILES string of the molecule is COc1ccccc1S(=O)(=S)OCCCN1CN(CCCOS(=O)(=S)c2ccccc2OC)CN(CCCOS(=O)(=S)c2ccccc2OC)C1. The highest BCUT2D eigenvalue weighted by molar-refractivity contribution is 8.31. The van der Waals surface area contributed by atoms with Gasteiger partial charge < -0.3 is 14.2 Å². The first-order valence-corrected chi connectivity index (χ1v) is 23.4. The Morgan fingerprint density at radius 2 is 0.745 bits per heavy atom. The molecule has 1 aliphatic rings. The van der Waals surface area contributed by atoms with E-state index in [1.54, 1.807) is 72.8 Å². The maximum atomic E-state index is 13.2. The van der Waals surface area contributed by atoms with Crippen molar-refractivity contribution in [3.63, 3.8) is 0 Å². The van der Waals surface area contributed by atoms with Crippen LogP contribution < -0.4 is 14.2 Å². The van der Waals surface area contributed by atoms with Crippen molar-refractivity contribution < 1.29 is 39.4 Å². The average molecular weight is 820 g/mol. The van der Waals surface area contributed by atoms with Gasteiger partial charge in [0.15, 0.2) is 26.3 Å². The Kier molecular flexibility index (Phi) is 16.2. The van der Waals surface area contributed by atoms with Gasteiger partial charge in [0.2, 0.25) is 0 Å². The highest BCUT2D eigenvalue weighted by Gasteiger charge is 2.24. The minimum absolute atomic E-state index is 0.199. The van der Waals surface area contributed by atoms with E-state index in [2.05, 4.69) is 14.7 Å². The monoisotopic (exact) mass is 819 g/mol. The van der Waals surface area contributed by atoms with Gasteiger partial charge >= 0.3 is 0 Å². The predicted molar refractivity (Wildman–Crippen MR) is 207 cm³/mol. The van der Waals surface area contributed by atoms with Gasteiger partial charge in [0, 0.05) is 53.2 Å². The average Bonchev–Trinajstić information content (AvgIpc) is 3.13. The van der Waals surface area contributed by atoms with Gasteiger partial charge in [0.1, 0.15) is 31.9 Å². The van der Waals surface area contributed by atoms with E-state index in [1.165, 1.54) is 21.3 Å². The molecule has 1 aliphatic heterocycles. The van der Waals surface area contributed by atoms with Crippen LogP contribution in [-0.4, -0.2) is 108 Å². The molecule has 282 valence electrons. The van der Waals surface area contributed by atoms with E-state index in [0.717, 1.165) is 0 Å². The van der Waals surface area contributed by atoms with Gasteiger partial charge in [-0.15, -0.1) is 0 Å². The molecule has 18 heteroatoms. The van der Waals surface area contributed by atoms with E-state index in [-0.39, 0.29) is 19.8 Å². The third-order valence-electron chi connectivity index (χ3n) is 7.79. The van der Waals surface area contributed by atoms with Crippen LogP contribution in [0.5, 0.6) is 17.2 Å².